The number of nitro benzene ring substituents is 1. The standard InChI is InChI=1S/C14H13ClN2O4/c1-20-14-5-10(4-12(6-14)17(18)19)9-21-13-3-2-11(7-15)16-8-13/h2-6,8H,7,9H2,1H3. The van der Waals surface area contributed by atoms with E-state index in [-0.39, 0.29) is 12.3 Å². The molecule has 0 radical (unpaired) electrons. The minimum atomic E-state index is -0.469. The van der Waals surface area contributed by atoms with E-state index in [1.807, 2.05) is 0 Å². The van der Waals surface area contributed by atoms with Gasteiger partial charge in [-0.1, -0.05) is 0 Å². The Balaban J connectivity index is 2.11. The molecule has 0 bridgehead atoms. The van der Waals surface area contributed by atoms with Crippen molar-refractivity contribution in [1.82, 2.24) is 4.98 Å². The molecule has 0 unspecified atom stereocenters. The van der Waals surface area contributed by atoms with E-state index < -0.39 is 4.92 Å². The monoisotopic (exact) mass is 308 g/mol. The highest BCUT2D eigenvalue weighted by Crippen LogP contribution is 2.23. The molecule has 1 aromatic heterocycles. The highest BCUT2D eigenvalue weighted by molar-refractivity contribution is 6.16. The lowest BCUT2D eigenvalue weighted by atomic mass is 10.2. The molecule has 0 spiro atoms. The lowest BCUT2D eigenvalue weighted by Crippen LogP contribution is -1.99. The topological polar surface area (TPSA) is 74.5 Å². The van der Waals surface area contributed by atoms with Crippen molar-refractivity contribution in [2.75, 3.05) is 7.11 Å². The highest BCUT2D eigenvalue weighted by Gasteiger charge is 2.10. The molecule has 110 valence electrons. The Morgan fingerprint density at radius 2 is 2.10 bits per heavy atom. The molecular weight excluding hydrogens is 296 g/mol. The predicted molar refractivity (Wildman–Crippen MR) is 77.8 cm³/mol. The van der Waals surface area contributed by atoms with Crippen LogP contribution >= 0.6 is 11.6 Å². The zero-order valence-corrected chi connectivity index (χ0v) is 12.0. The first-order valence-electron chi connectivity index (χ1n) is 6.08. The van der Waals surface area contributed by atoms with Crippen molar-refractivity contribution in [3.8, 4) is 11.5 Å². The number of non-ortho nitro benzene ring substituents is 1. The van der Waals surface area contributed by atoms with Crippen molar-refractivity contribution in [3.05, 3.63) is 57.9 Å². The molecule has 7 heteroatoms. The second-order valence-corrected chi connectivity index (χ2v) is 4.47. The largest absolute Gasteiger partial charge is 0.496 e. The molecule has 6 nitrogen and oxygen atoms in total. The van der Waals surface area contributed by atoms with Gasteiger partial charge >= 0.3 is 0 Å². The Morgan fingerprint density at radius 3 is 2.67 bits per heavy atom. The summed E-state index contributed by atoms with van der Waals surface area (Å²) >= 11 is 5.65. The molecule has 0 N–H and O–H groups in total. The number of hydrogen-bond acceptors (Lipinski definition) is 5. The number of halogens is 1. The third-order valence-electron chi connectivity index (χ3n) is 2.74. The summed E-state index contributed by atoms with van der Waals surface area (Å²) in [5, 5.41) is 10.9. The molecule has 0 aliphatic rings. The zero-order chi connectivity index (χ0) is 15.2. The number of benzene rings is 1. The number of methoxy groups -OCH3 is 1. The average Bonchev–Trinajstić information content (AvgIpc) is 2.53. The van der Waals surface area contributed by atoms with E-state index in [1.54, 1.807) is 24.4 Å². The molecule has 21 heavy (non-hydrogen) atoms. The van der Waals surface area contributed by atoms with Crippen molar-refractivity contribution in [3.63, 3.8) is 0 Å². The van der Waals surface area contributed by atoms with Crippen LogP contribution in [-0.4, -0.2) is 17.0 Å². The van der Waals surface area contributed by atoms with E-state index in [4.69, 9.17) is 21.1 Å². The maximum Gasteiger partial charge on any atom is 0.273 e. The molecule has 0 aliphatic carbocycles. The lowest BCUT2D eigenvalue weighted by molar-refractivity contribution is -0.385. The molecule has 1 aromatic carbocycles. The molecule has 0 saturated carbocycles. The third-order valence-corrected chi connectivity index (χ3v) is 3.01. The normalized spacial score (nSPS) is 10.2. The van der Waals surface area contributed by atoms with Gasteiger partial charge < -0.3 is 9.47 Å². The van der Waals surface area contributed by atoms with Crippen LogP contribution in [-0.2, 0) is 12.5 Å². The van der Waals surface area contributed by atoms with Gasteiger partial charge in [-0.3, -0.25) is 15.1 Å². The summed E-state index contributed by atoms with van der Waals surface area (Å²) in [6.45, 7) is 0.180. The van der Waals surface area contributed by atoms with Gasteiger partial charge in [0.15, 0.2) is 0 Å². The van der Waals surface area contributed by atoms with Gasteiger partial charge in [-0.2, -0.15) is 0 Å². The fourth-order valence-corrected chi connectivity index (χ4v) is 1.85. The minimum absolute atomic E-state index is 0.0384. The van der Waals surface area contributed by atoms with Crippen LogP contribution in [0.4, 0.5) is 5.69 Å². The maximum atomic E-state index is 10.9. The van der Waals surface area contributed by atoms with E-state index >= 15 is 0 Å². The molecule has 0 fully saturated rings. The summed E-state index contributed by atoms with van der Waals surface area (Å²) in [6, 6.07) is 8.01. The van der Waals surface area contributed by atoms with Crippen molar-refractivity contribution < 1.29 is 14.4 Å². The fourth-order valence-electron chi connectivity index (χ4n) is 1.69. The summed E-state index contributed by atoms with van der Waals surface area (Å²) in [7, 11) is 1.46. The van der Waals surface area contributed by atoms with Crippen LogP contribution in [0, 0.1) is 10.1 Å². The molecule has 0 saturated heterocycles. The number of rotatable bonds is 6. The van der Waals surface area contributed by atoms with Gasteiger partial charge in [0.05, 0.1) is 35.9 Å². The second kappa shape index (κ2) is 6.90. The van der Waals surface area contributed by atoms with Gasteiger partial charge in [0.1, 0.15) is 18.1 Å². The zero-order valence-electron chi connectivity index (χ0n) is 11.3. The van der Waals surface area contributed by atoms with Crippen molar-refractivity contribution in [1.29, 1.82) is 0 Å². The van der Waals surface area contributed by atoms with Gasteiger partial charge in [-0.25, -0.2) is 0 Å². The van der Waals surface area contributed by atoms with E-state index in [0.29, 0.717) is 22.9 Å². The van der Waals surface area contributed by atoms with Crippen LogP contribution in [0.3, 0.4) is 0 Å². The van der Waals surface area contributed by atoms with Gasteiger partial charge in [0, 0.05) is 6.07 Å². The lowest BCUT2D eigenvalue weighted by Gasteiger charge is -2.08. The summed E-state index contributed by atoms with van der Waals surface area (Å²) in [6.07, 6.45) is 1.56. The van der Waals surface area contributed by atoms with Crippen LogP contribution in [0.15, 0.2) is 36.5 Å². The van der Waals surface area contributed by atoms with Crippen LogP contribution in [0.5, 0.6) is 11.5 Å². The van der Waals surface area contributed by atoms with Crippen LogP contribution in [0.1, 0.15) is 11.3 Å². The summed E-state index contributed by atoms with van der Waals surface area (Å²) in [4.78, 5) is 14.5. The third kappa shape index (κ3) is 4.06. The number of nitro groups is 1. The van der Waals surface area contributed by atoms with Crippen molar-refractivity contribution in [2.45, 2.75) is 12.5 Å². The highest BCUT2D eigenvalue weighted by atomic mass is 35.5. The van der Waals surface area contributed by atoms with Gasteiger partial charge in [-0.05, 0) is 23.8 Å². The molecular formula is C14H13ClN2O4. The van der Waals surface area contributed by atoms with Crippen LogP contribution in [0.2, 0.25) is 0 Å². The van der Waals surface area contributed by atoms with E-state index in [2.05, 4.69) is 4.98 Å². The second-order valence-electron chi connectivity index (χ2n) is 4.20. The van der Waals surface area contributed by atoms with Crippen LogP contribution in [0.25, 0.3) is 0 Å². The number of aromatic nitrogens is 1. The van der Waals surface area contributed by atoms with E-state index in [1.165, 1.54) is 19.2 Å². The summed E-state index contributed by atoms with van der Waals surface area (Å²) < 4.78 is 10.6. The van der Waals surface area contributed by atoms with Crippen molar-refractivity contribution >= 4 is 17.3 Å². The molecule has 2 rings (SSSR count). The molecule has 1 heterocycles. The smallest absolute Gasteiger partial charge is 0.273 e. The van der Waals surface area contributed by atoms with E-state index in [9.17, 15) is 10.1 Å². The Kier molecular flexibility index (Phi) is 4.94. The molecule has 0 atom stereocenters. The number of alkyl halides is 1. The average molecular weight is 309 g/mol. The van der Waals surface area contributed by atoms with Gasteiger partial charge in [0.2, 0.25) is 0 Å². The maximum absolute atomic E-state index is 10.9. The predicted octanol–water partition coefficient (Wildman–Crippen LogP) is 3.32. The first-order chi connectivity index (χ1) is 10.1. The molecule has 0 aliphatic heterocycles. The molecule has 0 amide bonds. The Morgan fingerprint density at radius 1 is 1.29 bits per heavy atom. The number of hydrogen-bond donors (Lipinski definition) is 0. The quantitative estimate of drug-likeness (QED) is 0.465. The van der Waals surface area contributed by atoms with Crippen molar-refractivity contribution in [2.24, 2.45) is 0 Å². The first kappa shape index (κ1) is 15.1. The first-order valence-corrected chi connectivity index (χ1v) is 6.62. The Labute approximate surface area is 126 Å². The summed E-state index contributed by atoms with van der Waals surface area (Å²) in [5.41, 5.74) is 1.35. The van der Waals surface area contributed by atoms with Gasteiger partial charge in [-0.15, -0.1) is 11.6 Å². The molecule has 2 aromatic rings. The summed E-state index contributed by atoms with van der Waals surface area (Å²) in [5.74, 6) is 1.32. The van der Waals surface area contributed by atoms with Crippen LogP contribution < -0.4 is 9.47 Å². The Bertz CT molecular complexity index is 631. The SMILES string of the molecule is COc1cc(COc2ccc(CCl)nc2)cc([N+](=O)[O-])c1. The van der Waals surface area contributed by atoms with E-state index in [0.717, 1.165) is 5.69 Å². The Hall–Kier alpha value is -2.34. The number of pyridine rings is 1. The van der Waals surface area contributed by atoms with Gasteiger partial charge in [0.25, 0.3) is 5.69 Å². The number of ether oxygens (including phenoxy) is 2. The number of nitrogens with zero attached hydrogens (tertiary/aromatic N) is 2. The minimum Gasteiger partial charge on any atom is -0.496 e. The fraction of sp³-hybridized carbons (Fsp3) is 0.214.